The lowest BCUT2D eigenvalue weighted by Crippen LogP contribution is -2.26. The third kappa shape index (κ3) is 3.98. The molecule has 4 heteroatoms. The summed E-state index contributed by atoms with van der Waals surface area (Å²) < 4.78 is 0. The van der Waals surface area contributed by atoms with Crippen molar-refractivity contribution < 1.29 is 0 Å². The van der Waals surface area contributed by atoms with Gasteiger partial charge >= 0.3 is 0 Å². The first-order valence-corrected chi connectivity index (χ1v) is 5.56. The third-order valence-corrected chi connectivity index (χ3v) is 2.97. The molecule has 0 aliphatic carbocycles. The van der Waals surface area contributed by atoms with E-state index in [0.29, 0.717) is 0 Å². The van der Waals surface area contributed by atoms with Gasteiger partial charge in [-0.3, -0.25) is 0 Å². The maximum Gasteiger partial charge on any atom is 0.0730 e. The summed E-state index contributed by atoms with van der Waals surface area (Å²) in [5.41, 5.74) is 0. The zero-order chi connectivity index (χ0) is 9.83. The molecule has 62 valence electrons. The van der Waals surface area contributed by atoms with E-state index >= 15 is 0 Å². The van der Waals surface area contributed by atoms with Gasteiger partial charge < -0.3 is 0 Å². The van der Waals surface area contributed by atoms with E-state index in [0.717, 1.165) is 18.6 Å². The van der Waals surface area contributed by atoms with Gasteiger partial charge in [0.05, 0.1) is 23.5 Å². The molecule has 0 spiro atoms. The lowest BCUT2D eigenvalue weighted by Gasteiger charge is -2.40. The number of thioether (sulfide) groups is 1. The van der Waals surface area contributed by atoms with Crippen molar-refractivity contribution in [1.29, 1.82) is 0 Å². The largest absolute Gasteiger partial charge is 0.165 e. The van der Waals surface area contributed by atoms with Crippen LogP contribution in [-0.4, -0.2) is 35.5 Å². The molecule has 0 amide bonds. The highest BCUT2D eigenvalue weighted by molar-refractivity contribution is 7.98. The molecule has 0 saturated carbocycles. The van der Waals surface area contributed by atoms with Gasteiger partial charge in [0.25, 0.3) is 0 Å². The zero-order valence-corrected chi connectivity index (χ0v) is 9.08. The van der Waals surface area contributed by atoms with E-state index in [1.807, 2.05) is 18.7 Å². The predicted molar refractivity (Wildman–Crippen MR) is 61.6 cm³/mol. The number of hydrogen-bond donors (Lipinski definition) is 0. The van der Waals surface area contributed by atoms with E-state index in [1.54, 1.807) is 6.92 Å². The Labute approximate surface area is 84.9 Å². The van der Waals surface area contributed by atoms with Crippen LogP contribution < -0.4 is 0 Å². The van der Waals surface area contributed by atoms with Crippen molar-refractivity contribution in [3.63, 3.8) is 0 Å². The van der Waals surface area contributed by atoms with Gasteiger partial charge in [0.2, 0.25) is 0 Å². The minimum atomic E-state index is -0.786. The van der Waals surface area contributed by atoms with Crippen molar-refractivity contribution in [2.45, 2.75) is 37.2 Å². The molecular formula is C8H15B3S. The summed E-state index contributed by atoms with van der Waals surface area (Å²) in [6, 6.07) is 0. The van der Waals surface area contributed by atoms with Gasteiger partial charge in [0.15, 0.2) is 0 Å². The van der Waals surface area contributed by atoms with Gasteiger partial charge in [-0.2, -0.15) is 11.8 Å². The average Bonchev–Trinajstić information content (AvgIpc) is 1.85. The van der Waals surface area contributed by atoms with Crippen molar-refractivity contribution in [2.75, 3.05) is 12.0 Å². The highest BCUT2D eigenvalue weighted by Crippen LogP contribution is 2.47. The highest BCUT2D eigenvalue weighted by Gasteiger charge is 2.29. The van der Waals surface area contributed by atoms with Crippen LogP contribution in [0.25, 0.3) is 0 Å². The first-order valence-electron chi connectivity index (χ1n) is 4.17. The Kier molecular flexibility index (Phi) is 4.90. The molecule has 1 atom stereocenters. The molecule has 6 radical (unpaired) electrons. The summed E-state index contributed by atoms with van der Waals surface area (Å²) in [6.07, 6.45) is 4.02. The van der Waals surface area contributed by atoms with Crippen molar-refractivity contribution in [1.82, 2.24) is 0 Å². The second-order valence-electron chi connectivity index (χ2n) is 3.80. The third-order valence-electron chi connectivity index (χ3n) is 2.28. The zero-order valence-electron chi connectivity index (χ0n) is 8.26. The van der Waals surface area contributed by atoms with Crippen molar-refractivity contribution in [2.24, 2.45) is 0 Å². The molecule has 0 aromatic heterocycles. The topological polar surface area (TPSA) is 0 Å². The Bertz CT molecular complexity index is 129. The Balaban J connectivity index is 3.88. The minimum Gasteiger partial charge on any atom is -0.165 e. The van der Waals surface area contributed by atoms with E-state index in [2.05, 4.69) is 6.26 Å². The van der Waals surface area contributed by atoms with Crippen LogP contribution in [-0.2, 0) is 0 Å². The normalized spacial score (nSPS) is 17.2. The molecular weight excluding hydrogens is 161 g/mol. The summed E-state index contributed by atoms with van der Waals surface area (Å²) in [5, 5.41) is -1.26. The fourth-order valence-corrected chi connectivity index (χ4v) is 1.29. The van der Waals surface area contributed by atoms with Gasteiger partial charge in [-0.25, -0.2) is 0 Å². The van der Waals surface area contributed by atoms with Gasteiger partial charge in [0, 0.05) is 0 Å². The number of rotatable bonds is 5. The summed E-state index contributed by atoms with van der Waals surface area (Å²) in [7, 11) is 17.5. The molecule has 0 aliphatic heterocycles. The standard InChI is InChI=1S/C8H15B3S/c1-7(9,8(2,10)11)5-4-6-12-3/h4-6H2,1-3H3. The summed E-state index contributed by atoms with van der Waals surface area (Å²) in [6.45, 7) is 3.68. The summed E-state index contributed by atoms with van der Waals surface area (Å²) in [5.74, 6) is 1.11. The number of hydrogen-bond acceptors (Lipinski definition) is 1. The lowest BCUT2D eigenvalue weighted by molar-refractivity contribution is 0.501. The van der Waals surface area contributed by atoms with Crippen molar-refractivity contribution in [3.8, 4) is 0 Å². The minimum absolute atomic E-state index is 0.470. The van der Waals surface area contributed by atoms with Crippen LogP contribution in [0.5, 0.6) is 0 Å². The Morgan fingerprint density at radius 3 is 2.00 bits per heavy atom. The Morgan fingerprint density at radius 1 is 1.17 bits per heavy atom. The molecule has 0 fully saturated rings. The monoisotopic (exact) mass is 176 g/mol. The molecule has 1 unspecified atom stereocenters. The molecule has 0 aromatic carbocycles. The molecule has 0 aliphatic rings. The lowest BCUT2D eigenvalue weighted by atomic mass is 9.37. The Morgan fingerprint density at radius 2 is 1.67 bits per heavy atom. The fourth-order valence-electron chi connectivity index (χ4n) is 0.853. The SMILES string of the molecule is [B]C([B])(C)C([B])(C)CCCSC. The van der Waals surface area contributed by atoms with Crippen molar-refractivity contribution >= 4 is 35.3 Å². The van der Waals surface area contributed by atoms with Crippen molar-refractivity contribution in [3.05, 3.63) is 0 Å². The maximum atomic E-state index is 5.98. The van der Waals surface area contributed by atoms with E-state index in [-0.39, 0.29) is 0 Å². The Hall–Kier alpha value is 0.545. The predicted octanol–water partition coefficient (Wildman–Crippen LogP) is 1.95. The van der Waals surface area contributed by atoms with E-state index < -0.39 is 10.5 Å². The smallest absolute Gasteiger partial charge is 0.0730 e. The molecule has 0 bridgehead atoms. The molecule has 0 saturated heterocycles. The quantitative estimate of drug-likeness (QED) is 0.455. The molecule has 0 aromatic rings. The first kappa shape index (κ1) is 12.5. The van der Waals surface area contributed by atoms with E-state index in [4.69, 9.17) is 23.5 Å². The van der Waals surface area contributed by atoms with Crippen LogP contribution in [0.1, 0.15) is 26.7 Å². The second-order valence-corrected chi connectivity index (χ2v) is 4.78. The van der Waals surface area contributed by atoms with Crippen LogP contribution in [0.15, 0.2) is 0 Å². The first-order chi connectivity index (χ1) is 5.31. The van der Waals surface area contributed by atoms with E-state index in [1.165, 1.54) is 0 Å². The molecule has 0 heterocycles. The van der Waals surface area contributed by atoms with Gasteiger partial charge in [-0.1, -0.05) is 25.6 Å². The molecule has 12 heavy (non-hydrogen) atoms. The van der Waals surface area contributed by atoms with Crippen LogP contribution >= 0.6 is 11.8 Å². The van der Waals surface area contributed by atoms with Gasteiger partial charge in [-0.05, 0) is 18.4 Å². The molecule has 0 nitrogen and oxygen atoms in total. The fraction of sp³-hybridized carbons (Fsp3) is 1.00. The summed E-state index contributed by atoms with van der Waals surface area (Å²) >= 11 is 1.82. The summed E-state index contributed by atoms with van der Waals surface area (Å²) in [4.78, 5) is 0. The second kappa shape index (κ2) is 4.69. The van der Waals surface area contributed by atoms with E-state index in [9.17, 15) is 0 Å². The van der Waals surface area contributed by atoms with Crippen LogP contribution in [0.2, 0.25) is 10.5 Å². The highest BCUT2D eigenvalue weighted by atomic mass is 32.2. The van der Waals surface area contributed by atoms with Gasteiger partial charge in [-0.15, -0.1) is 5.21 Å². The van der Waals surface area contributed by atoms with Gasteiger partial charge in [0.1, 0.15) is 0 Å². The maximum absolute atomic E-state index is 5.98. The molecule has 0 N–H and O–H groups in total. The average molecular weight is 176 g/mol. The molecule has 0 rings (SSSR count). The van der Waals surface area contributed by atoms with Crippen LogP contribution in [0.3, 0.4) is 0 Å². The van der Waals surface area contributed by atoms with Crippen LogP contribution in [0, 0.1) is 0 Å². The van der Waals surface area contributed by atoms with Crippen LogP contribution in [0.4, 0.5) is 0 Å².